The van der Waals surface area contributed by atoms with Crippen molar-refractivity contribution < 1.29 is 30.0 Å². The zero-order valence-electron chi connectivity index (χ0n) is 14.9. The van der Waals surface area contributed by atoms with E-state index in [9.17, 15) is 24.3 Å². The van der Waals surface area contributed by atoms with Crippen LogP contribution in [0, 0.1) is 0 Å². The Labute approximate surface area is 147 Å². The van der Waals surface area contributed by atoms with E-state index in [1.165, 1.54) is 6.92 Å². The lowest BCUT2D eigenvalue weighted by atomic mass is 10.0. The second kappa shape index (κ2) is 11.1. The number of carboxylic acids is 1. The Morgan fingerprint density at radius 1 is 1.08 bits per heavy atom. The lowest BCUT2D eigenvalue weighted by molar-refractivity contribution is -0.405. The molecule has 0 fully saturated rings. The van der Waals surface area contributed by atoms with Gasteiger partial charge in [0.25, 0.3) is 5.91 Å². The molecule has 2 amide bonds. The van der Waals surface area contributed by atoms with Gasteiger partial charge in [-0.3, -0.25) is 14.4 Å². The molecule has 25 heavy (non-hydrogen) atoms. The smallest absolute Gasteiger partial charge is 0.278 e. The van der Waals surface area contributed by atoms with Crippen molar-refractivity contribution in [1.82, 2.24) is 10.6 Å². The molecule has 0 aromatic rings. The number of carbonyl (C=O) groups excluding carboxylic acids is 4. The van der Waals surface area contributed by atoms with Crippen LogP contribution in [0.3, 0.4) is 0 Å². The number of aliphatic carboxylic acids is 1. The third-order valence-corrected chi connectivity index (χ3v) is 3.51. The van der Waals surface area contributed by atoms with E-state index in [0.29, 0.717) is 24.0 Å². The fraction of sp³-hybridized carbons (Fsp3) is 0.529. The van der Waals surface area contributed by atoms with E-state index in [2.05, 4.69) is 29.5 Å². The van der Waals surface area contributed by atoms with Gasteiger partial charge in [0.1, 0.15) is 0 Å². The highest BCUT2D eigenvalue weighted by Crippen LogP contribution is 2.04. The first-order valence-corrected chi connectivity index (χ1v) is 8.03. The molecule has 2 atom stereocenters. The Morgan fingerprint density at radius 3 is 2.16 bits per heavy atom. The van der Waals surface area contributed by atoms with Crippen LogP contribution >= 0.6 is 0 Å². The monoisotopic (exact) mass is 353 g/mol. The zero-order chi connectivity index (χ0) is 19.6. The summed E-state index contributed by atoms with van der Waals surface area (Å²) in [6, 6.07) is -1.93. The number of ketones is 1. The van der Waals surface area contributed by atoms with Gasteiger partial charge in [-0.1, -0.05) is 13.2 Å². The van der Waals surface area contributed by atoms with Crippen molar-refractivity contribution in [2.75, 3.05) is 6.54 Å². The molecular formula is C17H27N3O5. The van der Waals surface area contributed by atoms with E-state index in [1.54, 1.807) is 6.92 Å². The van der Waals surface area contributed by atoms with Gasteiger partial charge in [-0.15, -0.1) is 0 Å². The number of Topliss-reactive ketones (excluding diaryl/α,β-unsaturated/α-hetero) is 1. The first-order valence-electron chi connectivity index (χ1n) is 8.03. The van der Waals surface area contributed by atoms with E-state index >= 15 is 0 Å². The molecule has 0 rings (SSSR count). The van der Waals surface area contributed by atoms with Crippen LogP contribution in [0.1, 0.15) is 39.5 Å². The maximum atomic E-state index is 12.0. The molecule has 0 aliphatic heterocycles. The highest BCUT2D eigenvalue weighted by atomic mass is 16.4. The van der Waals surface area contributed by atoms with Crippen LogP contribution in [0.2, 0.25) is 0 Å². The van der Waals surface area contributed by atoms with Gasteiger partial charge < -0.3 is 26.3 Å². The van der Waals surface area contributed by atoms with Crippen molar-refractivity contribution in [1.29, 1.82) is 0 Å². The predicted octanol–water partition coefficient (Wildman–Crippen LogP) is -1.77. The number of amides is 2. The van der Waals surface area contributed by atoms with Crippen LogP contribution in [0.25, 0.3) is 0 Å². The Morgan fingerprint density at radius 2 is 1.68 bits per heavy atom. The molecule has 0 aliphatic rings. The largest absolute Gasteiger partial charge is 0.548 e. The van der Waals surface area contributed by atoms with E-state index < -0.39 is 24.0 Å². The zero-order valence-corrected chi connectivity index (χ0v) is 14.9. The molecule has 0 saturated heterocycles. The number of carbonyl (C=O) groups is 4. The summed E-state index contributed by atoms with van der Waals surface area (Å²) < 4.78 is 0. The van der Waals surface area contributed by atoms with Gasteiger partial charge in [0.15, 0.2) is 11.8 Å². The summed E-state index contributed by atoms with van der Waals surface area (Å²) in [7, 11) is 0. The molecule has 0 saturated carbocycles. The van der Waals surface area contributed by atoms with Crippen LogP contribution in [0.5, 0.6) is 0 Å². The number of carboxylic acid groups (broad SMARTS) is 1. The van der Waals surface area contributed by atoms with Gasteiger partial charge >= 0.3 is 0 Å². The first kappa shape index (κ1) is 22.5. The summed E-state index contributed by atoms with van der Waals surface area (Å²) >= 11 is 0. The van der Waals surface area contributed by atoms with Crippen molar-refractivity contribution in [2.24, 2.45) is 0 Å². The average molecular weight is 353 g/mol. The molecule has 0 bridgehead atoms. The number of rotatable bonds is 12. The number of allylic oxidation sites excluding steroid dienone is 1. The molecular weight excluding hydrogens is 326 g/mol. The summed E-state index contributed by atoms with van der Waals surface area (Å²) in [5, 5.41) is 15.9. The van der Waals surface area contributed by atoms with Crippen LogP contribution in [0.4, 0.5) is 0 Å². The van der Waals surface area contributed by atoms with Crippen LogP contribution in [0.15, 0.2) is 24.3 Å². The van der Waals surface area contributed by atoms with Crippen LogP contribution in [-0.2, 0) is 19.2 Å². The molecule has 0 aromatic carbocycles. The van der Waals surface area contributed by atoms with Crippen molar-refractivity contribution in [3.8, 4) is 0 Å². The van der Waals surface area contributed by atoms with Gasteiger partial charge in [-0.05, 0) is 32.3 Å². The average Bonchev–Trinajstić information content (AvgIpc) is 2.52. The van der Waals surface area contributed by atoms with Crippen LogP contribution in [-0.4, -0.2) is 42.2 Å². The van der Waals surface area contributed by atoms with Crippen molar-refractivity contribution in [2.45, 2.75) is 51.6 Å². The minimum Gasteiger partial charge on any atom is -0.548 e. The van der Waals surface area contributed by atoms with E-state index in [0.717, 1.165) is 0 Å². The van der Waals surface area contributed by atoms with Crippen molar-refractivity contribution in [3.63, 3.8) is 0 Å². The predicted molar refractivity (Wildman–Crippen MR) is 89.7 cm³/mol. The summed E-state index contributed by atoms with van der Waals surface area (Å²) in [5.41, 5.74) is 4.44. The molecule has 5 N–H and O–H groups in total. The van der Waals surface area contributed by atoms with Gasteiger partial charge in [-0.2, -0.15) is 0 Å². The fourth-order valence-corrected chi connectivity index (χ4v) is 1.87. The normalized spacial score (nSPS) is 12.6. The number of nitrogens with one attached hydrogen (secondary N) is 2. The van der Waals surface area contributed by atoms with E-state index in [4.69, 9.17) is 0 Å². The number of quaternary nitrogens is 1. The molecule has 8 heteroatoms. The topological polar surface area (TPSA) is 143 Å². The minimum atomic E-state index is -1.44. The van der Waals surface area contributed by atoms with Gasteiger partial charge in [0.05, 0.1) is 12.0 Å². The van der Waals surface area contributed by atoms with E-state index in [-0.39, 0.29) is 31.1 Å². The summed E-state index contributed by atoms with van der Waals surface area (Å²) in [5.74, 6) is -2.44. The Hall–Kier alpha value is -2.48. The summed E-state index contributed by atoms with van der Waals surface area (Å²) in [6.07, 6.45) is 1.05. The van der Waals surface area contributed by atoms with Gasteiger partial charge in [0, 0.05) is 25.0 Å². The lowest BCUT2D eigenvalue weighted by Gasteiger charge is -2.21. The molecule has 0 radical (unpaired) electrons. The first-order chi connectivity index (χ1) is 11.6. The highest BCUT2D eigenvalue weighted by Gasteiger charge is 2.21. The van der Waals surface area contributed by atoms with Gasteiger partial charge in [0.2, 0.25) is 5.91 Å². The molecule has 8 nitrogen and oxygen atoms in total. The molecule has 0 aliphatic carbocycles. The van der Waals surface area contributed by atoms with Crippen LogP contribution < -0.4 is 21.5 Å². The standard InChI is InChI=1S/C17H27N3O5/c1-10(2)14(21)7-5-6-12(18)16(23)20-13(17(24)25)8-9-19-15(22)11(3)4/h12-13H,1,3,5-9,18H2,2,4H3,(H,19,22)(H,20,23)(H,24,25)/t12-,13-/m0/s1. The minimum absolute atomic E-state index is 0.0199. The maximum absolute atomic E-state index is 12.0. The molecule has 140 valence electrons. The molecule has 0 aromatic heterocycles. The Bertz CT molecular complexity index is 556. The third kappa shape index (κ3) is 9.41. The SMILES string of the molecule is C=C(C)C(=O)CCC[C@H]([NH3+])C(=O)N[C@@H](CCNC(=O)C(=C)C)C(=O)[O-]. The van der Waals surface area contributed by atoms with Crippen molar-refractivity contribution in [3.05, 3.63) is 24.3 Å². The molecule has 0 heterocycles. The Balaban J connectivity index is 4.36. The number of hydrogen-bond acceptors (Lipinski definition) is 5. The van der Waals surface area contributed by atoms with Crippen molar-refractivity contribution >= 4 is 23.6 Å². The van der Waals surface area contributed by atoms with Gasteiger partial charge in [-0.25, -0.2) is 0 Å². The molecule has 0 spiro atoms. The fourth-order valence-electron chi connectivity index (χ4n) is 1.87. The third-order valence-electron chi connectivity index (χ3n) is 3.51. The summed E-state index contributed by atoms with van der Waals surface area (Å²) in [6.45, 7) is 10.2. The Kier molecular flexibility index (Phi) is 10.0. The second-order valence-corrected chi connectivity index (χ2v) is 6.00. The van der Waals surface area contributed by atoms with E-state index in [1.807, 2.05) is 0 Å². The second-order valence-electron chi connectivity index (χ2n) is 6.00. The molecule has 0 unspecified atom stereocenters. The number of hydrogen-bond donors (Lipinski definition) is 3. The highest BCUT2D eigenvalue weighted by molar-refractivity contribution is 5.94. The lowest BCUT2D eigenvalue weighted by Crippen LogP contribution is -2.69. The summed E-state index contributed by atoms with van der Waals surface area (Å²) in [4.78, 5) is 45.9. The maximum Gasteiger partial charge on any atom is 0.278 e. The quantitative estimate of drug-likeness (QED) is 0.356.